The zero-order valence-corrected chi connectivity index (χ0v) is 9.04. The molecule has 4 heteroatoms. The number of hydrogen-bond acceptors (Lipinski definition) is 3. The second-order valence-corrected chi connectivity index (χ2v) is 5.09. The molecule has 2 unspecified atom stereocenters. The van der Waals surface area contributed by atoms with E-state index in [1.54, 1.807) is 4.90 Å². The van der Waals surface area contributed by atoms with Crippen molar-refractivity contribution in [1.82, 2.24) is 10.2 Å². The third-order valence-electron chi connectivity index (χ3n) is 2.58. The topological polar surface area (TPSA) is 51.5 Å². The third kappa shape index (κ3) is 2.18. The monoisotopic (exact) mass is 198 g/mol. The highest BCUT2D eigenvalue weighted by atomic mass is 16.6. The summed E-state index contributed by atoms with van der Waals surface area (Å²) in [6, 6.07) is 1.19. The number of amides is 1. The van der Waals surface area contributed by atoms with Gasteiger partial charge in [-0.2, -0.15) is 0 Å². The fraction of sp³-hybridized carbons (Fsp3) is 0.900. The molecule has 0 aromatic rings. The Morgan fingerprint density at radius 3 is 2.71 bits per heavy atom. The van der Waals surface area contributed by atoms with E-state index in [1.807, 2.05) is 20.8 Å². The average molecular weight is 198 g/mol. The molecule has 0 aromatic heterocycles. The van der Waals surface area contributed by atoms with E-state index in [9.17, 15) is 4.79 Å². The number of carbonyl (C=O) groups excluding carboxylic acids is 1. The van der Waals surface area contributed by atoms with Crippen LogP contribution in [-0.4, -0.2) is 41.8 Å². The smallest absolute Gasteiger partial charge is 0.410 e. The van der Waals surface area contributed by atoms with Crippen molar-refractivity contribution >= 4 is 6.09 Å². The molecule has 0 bridgehead atoms. The minimum atomic E-state index is -0.384. The van der Waals surface area contributed by atoms with Crippen molar-refractivity contribution in [3.05, 3.63) is 0 Å². The maximum atomic E-state index is 11.7. The lowest BCUT2D eigenvalue weighted by Gasteiger charge is -2.28. The van der Waals surface area contributed by atoms with Gasteiger partial charge in [-0.3, -0.25) is 0 Å². The first-order chi connectivity index (χ1) is 6.46. The molecule has 2 heterocycles. The predicted molar refractivity (Wildman–Crippen MR) is 53.1 cm³/mol. The largest absolute Gasteiger partial charge is 0.444 e. The highest BCUT2D eigenvalue weighted by Gasteiger charge is 2.42. The van der Waals surface area contributed by atoms with Gasteiger partial charge in [-0.05, 0) is 27.2 Å². The molecule has 2 aliphatic rings. The van der Waals surface area contributed by atoms with Gasteiger partial charge in [0, 0.05) is 25.2 Å². The van der Waals surface area contributed by atoms with Crippen molar-refractivity contribution in [1.29, 1.82) is 0 Å². The quantitative estimate of drug-likeness (QED) is 0.590. The first-order valence-electron chi connectivity index (χ1n) is 5.20. The normalized spacial score (nSPS) is 30.9. The van der Waals surface area contributed by atoms with E-state index in [4.69, 9.17) is 4.74 Å². The number of fused-ring (bicyclic) bond motifs is 1. The Morgan fingerprint density at radius 2 is 2.14 bits per heavy atom. The zero-order valence-electron chi connectivity index (χ0n) is 9.04. The van der Waals surface area contributed by atoms with Gasteiger partial charge in [0.2, 0.25) is 0 Å². The summed E-state index contributed by atoms with van der Waals surface area (Å²) in [5.74, 6) is 0. The van der Waals surface area contributed by atoms with Crippen LogP contribution in [-0.2, 0) is 4.74 Å². The van der Waals surface area contributed by atoms with Crippen LogP contribution in [0.1, 0.15) is 27.2 Å². The van der Waals surface area contributed by atoms with Crippen LogP contribution in [0, 0.1) is 0 Å². The molecule has 2 saturated heterocycles. The molecule has 1 amide bonds. The van der Waals surface area contributed by atoms with Gasteiger partial charge in [-0.1, -0.05) is 0 Å². The van der Waals surface area contributed by atoms with Crippen molar-refractivity contribution in [2.75, 3.05) is 13.1 Å². The molecule has 0 aromatic carbocycles. The van der Waals surface area contributed by atoms with Crippen LogP contribution in [0.5, 0.6) is 0 Å². The first-order valence-corrected chi connectivity index (χ1v) is 5.20. The van der Waals surface area contributed by atoms with Crippen molar-refractivity contribution in [2.45, 2.75) is 44.9 Å². The van der Waals surface area contributed by atoms with Crippen LogP contribution < -0.4 is 5.32 Å². The van der Waals surface area contributed by atoms with E-state index in [2.05, 4.69) is 5.32 Å². The number of likely N-dealkylation sites (tertiary alicyclic amines) is 1. The molecule has 2 fully saturated rings. The van der Waals surface area contributed by atoms with Gasteiger partial charge in [0.05, 0.1) is 0 Å². The standard InChI is InChI=1S/C10H18N2O2/c1-10(2,3)14-9(13)12-5-4-7-8(6-12)11-7/h7-8,11H,4-6H2,1-3H3. The molecule has 2 rings (SSSR count). The van der Waals surface area contributed by atoms with E-state index in [1.165, 1.54) is 0 Å². The molecular formula is C10H18N2O2. The lowest BCUT2D eigenvalue weighted by atomic mass is 10.1. The minimum Gasteiger partial charge on any atom is -0.444 e. The van der Waals surface area contributed by atoms with E-state index in [0.29, 0.717) is 12.1 Å². The van der Waals surface area contributed by atoms with E-state index in [0.717, 1.165) is 19.5 Å². The fourth-order valence-corrected chi connectivity index (χ4v) is 1.80. The van der Waals surface area contributed by atoms with Gasteiger partial charge >= 0.3 is 6.09 Å². The number of nitrogens with one attached hydrogen (secondary N) is 1. The third-order valence-corrected chi connectivity index (χ3v) is 2.58. The Balaban J connectivity index is 1.85. The summed E-state index contributed by atoms with van der Waals surface area (Å²) in [6.07, 6.45) is 0.883. The van der Waals surface area contributed by atoms with Gasteiger partial charge < -0.3 is 15.0 Å². The maximum absolute atomic E-state index is 11.7. The van der Waals surface area contributed by atoms with Crippen LogP contribution >= 0.6 is 0 Å². The zero-order chi connectivity index (χ0) is 10.3. The summed E-state index contributed by atoms with van der Waals surface area (Å²) in [5, 5.41) is 3.33. The van der Waals surface area contributed by atoms with Crippen molar-refractivity contribution in [3.8, 4) is 0 Å². The van der Waals surface area contributed by atoms with Crippen molar-refractivity contribution < 1.29 is 9.53 Å². The summed E-state index contributed by atoms with van der Waals surface area (Å²) in [5.41, 5.74) is -0.384. The highest BCUT2D eigenvalue weighted by Crippen LogP contribution is 2.23. The molecule has 80 valence electrons. The first kappa shape index (κ1) is 9.77. The maximum Gasteiger partial charge on any atom is 0.410 e. The van der Waals surface area contributed by atoms with E-state index in [-0.39, 0.29) is 11.7 Å². The van der Waals surface area contributed by atoms with Crippen LogP contribution in [0.15, 0.2) is 0 Å². The van der Waals surface area contributed by atoms with Crippen molar-refractivity contribution in [2.24, 2.45) is 0 Å². The Bertz CT molecular complexity index is 247. The number of nitrogens with zero attached hydrogens (tertiary/aromatic N) is 1. The number of hydrogen-bond donors (Lipinski definition) is 1. The molecule has 2 atom stereocenters. The van der Waals surface area contributed by atoms with E-state index >= 15 is 0 Å². The molecule has 4 nitrogen and oxygen atoms in total. The number of rotatable bonds is 0. The van der Waals surface area contributed by atoms with Gasteiger partial charge in [0.1, 0.15) is 5.60 Å². The SMILES string of the molecule is CC(C)(C)OC(=O)N1CCC2NC2C1. The van der Waals surface area contributed by atoms with Gasteiger partial charge in [-0.25, -0.2) is 4.79 Å². The summed E-state index contributed by atoms with van der Waals surface area (Å²) >= 11 is 0. The molecule has 0 saturated carbocycles. The lowest BCUT2D eigenvalue weighted by molar-refractivity contribution is 0.0232. The Labute approximate surface area is 84.6 Å². The minimum absolute atomic E-state index is 0.176. The average Bonchev–Trinajstić information content (AvgIpc) is 2.77. The molecule has 0 aliphatic carbocycles. The Morgan fingerprint density at radius 1 is 1.43 bits per heavy atom. The van der Waals surface area contributed by atoms with Crippen molar-refractivity contribution in [3.63, 3.8) is 0 Å². The molecular weight excluding hydrogens is 180 g/mol. The Hall–Kier alpha value is -0.770. The molecule has 0 spiro atoms. The summed E-state index contributed by atoms with van der Waals surface area (Å²) < 4.78 is 5.30. The lowest BCUT2D eigenvalue weighted by Crippen LogP contribution is -2.42. The molecule has 0 radical (unpaired) electrons. The highest BCUT2D eigenvalue weighted by molar-refractivity contribution is 5.68. The molecule has 2 aliphatic heterocycles. The molecule has 14 heavy (non-hydrogen) atoms. The molecule has 1 N–H and O–H groups in total. The van der Waals surface area contributed by atoms with Gasteiger partial charge in [-0.15, -0.1) is 0 Å². The van der Waals surface area contributed by atoms with Crippen LogP contribution in [0.3, 0.4) is 0 Å². The van der Waals surface area contributed by atoms with Crippen LogP contribution in [0.25, 0.3) is 0 Å². The Kier molecular flexibility index (Phi) is 2.18. The summed E-state index contributed by atoms with van der Waals surface area (Å²) in [4.78, 5) is 13.5. The second kappa shape index (κ2) is 3.12. The van der Waals surface area contributed by atoms with Crippen LogP contribution in [0.4, 0.5) is 4.79 Å². The number of carbonyl (C=O) groups is 1. The summed E-state index contributed by atoms with van der Waals surface area (Å²) in [7, 11) is 0. The predicted octanol–water partition coefficient (Wildman–Crippen LogP) is 0.968. The fourth-order valence-electron chi connectivity index (χ4n) is 1.80. The van der Waals surface area contributed by atoms with Gasteiger partial charge in [0.15, 0.2) is 0 Å². The number of ether oxygens (including phenoxy) is 1. The van der Waals surface area contributed by atoms with Crippen LogP contribution in [0.2, 0.25) is 0 Å². The van der Waals surface area contributed by atoms with E-state index < -0.39 is 0 Å². The summed E-state index contributed by atoms with van der Waals surface area (Å²) in [6.45, 7) is 7.32. The van der Waals surface area contributed by atoms with Gasteiger partial charge in [0.25, 0.3) is 0 Å². The number of piperidine rings is 1. The second-order valence-electron chi connectivity index (χ2n) is 5.09.